The lowest BCUT2D eigenvalue weighted by molar-refractivity contribution is -0.258. The molecule has 2 N–H and O–H groups in total. The van der Waals surface area contributed by atoms with Gasteiger partial charge in [0.15, 0.2) is 6.29 Å². The van der Waals surface area contributed by atoms with Crippen LogP contribution in [0.15, 0.2) is 30.3 Å². The average Bonchev–Trinajstić information content (AvgIpc) is 2.54. The number of aliphatic hydroxyl groups excluding tert-OH is 2. The van der Waals surface area contributed by atoms with E-state index in [0.29, 0.717) is 5.56 Å². The molecule has 1 aliphatic rings. The Morgan fingerprint density at radius 3 is 2.57 bits per heavy atom. The number of aliphatic hydroxyl groups is 2. The number of hydrogen-bond donors (Lipinski definition) is 2. The fraction of sp³-hybridized carbons (Fsp3) is 0.533. The Morgan fingerprint density at radius 2 is 1.96 bits per heavy atom. The van der Waals surface area contributed by atoms with Gasteiger partial charge in [-0.25, -0.2) is 4.79 Å². The first-order chi connectivity index (χ1) is 10.9. The van der Waals surface area contributed by atoms with Crippen LogP contribution in [0.5, 0.6) is 0 Å². The van der Waals surface area contributed by atoms with Crippen molar-refractivity contribution in [2.75, 3.05) is 13.3 Å². The number of rotatable bonds is 5. The maximum atomic E-state index is 12.0. The summed E-state index contributed by atoms with van der Waals surface area (Å²) in [6.45, 7) is 3.46. The summed E-state index contributed by atoms with van der Waals surface area (Å²) in [4.78, 5) is 12.0. The summed E-state index contributed by atoms with van der Waals surface area (Å²) in [6.07, 6.45) is -3.47. The highest BCUT2D eigenvalue weighted by atomic mass is 32.0. The first-order valence-electron chi connectivity index (χ1n) is 7.29. The van der Waals surface area contributed by atoms with Crippen LogP contribution < -0.4 is 0 Å². The zero-order chi connectivity index (χ0) is 17.0. The molecule has 1 aromatic carbocycles. The molecule has 23 heavy (non-hydrogen) atoms. The fourth-order valence-corrected chi connectivity index (χ4v) is 3.19. The van der Waals surface area contributed by atoms with E-state index in [9.17, 15) is 15.0 Å². The molecule has 0 aliphatic carbocycles. The smallest absolute Gasteiger partial charge is 0.338 e. The predicted molar refractivity (Wildman–Crippen MR) is 90.2 cm³/mol. The van der Waals surface area contributed by atoms with Crippen LogP contribution in [0.2, 0.25) is 0 Å². The van der Waals surface area contributed by atoms with Crippen molar-refractivity contribution in [2.45, 2.75) is 31.5 Å². The largest absolute Gasteiger partial charge is 0.459 e. The van der Waals surface area contributed by atoms with Gasteiger partial charge in [0.1, 0.15) is 18.8 Å². The van der Waals surface area contributed by atoms with Crippen molar-refractivity contribution in [3.8, 4) is 0 Å². The molecule has 4 unspecified atom stereocenters. The molecule has 1 aromatic rings. The normalized spacial score (nSPS) is 32.3. The van der Waals surface area contributed by atoms with Gasteiger partial charge in [-0.3, -0.25) is 0 Å². The topological polar surface area (TPSA) is 85.2 Å². The summed E-state index contributed by atoms with van der Waals surface area (Å²) in [6, 6.07) is 8.59. The monoisotopic (exact) mass is 360 g/mol. The van der Waals surface area contributed by atoms with E-state index in [-0.39, 0.29) is 6.61 Å². The molecule has 8 heteroatoms. The van der Waals surface area contributed by atoms with Crippen LogP contribution in [0.3, 0.4) is 0 Å². The molecule has 2 rings (SSSR count). The molecular formula is C15H22O6P2. The van der Waals surface area contributed by atoms with Crippen LogP contribution in [0.25, 0.3) is 0 Å². The summed E-state index contributed by atoms with van der Waals surface area (Å²) in [5.41, 5.74) is 0.431. The minimum absolute atomic E-state index is 0.107. The zero-order valence-corrected chi connectivity index (χ0v) is 15.1. The molecular weight excluding hydrogens is 338 g/mol. The number of benzene rings is 1. The summed E-state index contributed by atoms with van der Waals surface area (Å²) in [7, 11) is 1.70. The molecule has 7 atom stereocenters. The third-order valence-electron chi connectivity index (χ3n) is 3.70. The van der Waals surface area contributed by atoms with E-state index < -0.39 is 44.3 Å². The first kappa shape index (κ1) is 18.7. The maximum Gasteiger partial charge on any atom is 0.338 e. The predicted octanol–water partition coefficient (Wildman–Crippen LogP) is 1.76. The highest BCUT2D eigenvalue weighted by molar-refractivity contribution is 8.10. The fourth-order valence-electron chi connectivity index (χ4n) is 2.33. The molecule has 1 saturated heterocycles. The summed E-state index contributed by atoms with van der Waals surface area (Å²) < 4.78 is 16.3. The van der Waals surface area contributed by atoms with E-state index in [0.717, 1.165) is 0 Å². The van der Waals surface area contributed by atoms with Gasteiger partial charge in [-0.15, -0.1) is 0 Å². The molecule has 1 heterocycles. The van der Waals surface area contributed by atoms with E-state index in [4.69, 9.17) is 14.0 Å². The molecule has 128 valence electrons. The molecule has 6 nitrogen and oxygen atoms in total. The molecule has 0 bridgehead atoms. The van der Waals surface area contributed by atoms with Crippen molar-refractivity contribution >= 4 is 22.7 Å². The second-order valence-corrected chi connectivity index (χ2v) is 8.98. The molecule has 0 amide bonds. The SMILES string of the molecule is C[C@@H]1C(O)[C@H](OP(C)P)OC(COC(=O)c2ccccc2)[C@@H]1O. The van der Waals surface area contributed by atoms with Gasteiger partial charge >= 0.3 is 5.97 Å². The van der Waals surface area contributed by atoms with Gasteiger partial charge in [0.25, 0.3) is 0 Å². The second-order valence-electron chi connectivity index (χ2n) is 5.50. The zero-order valence-electron chi connectivity index (χ0n) is 13.0. The maximum absolute atomic E-state index is 12.0. The third-order valence-corrected chi connectivity index (χ3v) is 4.61. The highest BCUT2D eigenvalue weighted by Crippen LogP contribution is 2.45. The number of esters is 1. The van der Waals surface area contributed by atoms with Crippen molar-refractivity contribution < 1.29 is 29.0 Å². The van der Waals surface area contributed by atoms with Crippen molar-refractivity contribution in [3.05, 3.63) is 35.9 Å². The van der Waals surface area contributed by atoms with Gasteiger partial charge in [0.05, 0.1) is 11.7 Å². The summed E-state index contributed by atoms with van der Waals surface area (Å²) in [5, 5.41) is 20.3. The Hall–Kier alpha value is -0.610. The van der Waals surface area contributed by atoms with Crippen molar-refractivity contribution in [1.29, 1.82) is 0 Å². The van der Waals surface area contributed by atoms with E-state index in [2.05, 4.69) is 8.93 Å². The minimum atomic E-state index is -0.944. The van der Waals surface area contributed by atoms with E-state index >= 15 is 0 Å². The number of carbonyl (C=O) groups excluding carboxylic acids is 1. The standard InChI is InChI=1S/C15H22O6P2/c1-9-12(16)11(20-15(13(9)17)21-23(2)22)8-19-14(18)10-6-4-3-5-7-10/h3-7,9,11-13,15-17H,8,22H2,1-2H3/t9-,11?,12+,13?,15-,23?/m0/s1. The van der Waals surface area contributed by atoms with Crippen LogP contribution in [-0.2, 0) is 14.0 Å². The van der Waals surface area contributed by atoms with Crippen LogP contribution >= 0.6 is 16.8 Å². The number of ether oxygens (including phenoxy) is 2. The van der Waals surface area contributed by atoms with Crippen molar-refractivity contribution in [1.82, 2.24) is 0 Å². The molecule has 0 aromatic heterocycles. The Kier molecular flexibility index (Phi) is 6.90. The molecule has 0 spiro atoms. The second kappa shape index (κ2) is 8.48. The van der Waals surface area contributed by atoms with E-state index in [1.165, 1.54) is 0 Å². The Morgan fingerprint density at radius 1 is 1.30 bits per heavy atom. The molecule has 1 aliphatic heterocycles. The summed E-state index contributed by atoms with van der Waals surface area (Å²) in [5.74, 6) is -0.935. The Labute approximate surface area is 139 Å². The van der Waals surface area contributed by atoms with Gasteiger partial charge in [-0.1, -0.05) is 34.1 Å². The average molecular weight is 360 g/mol. The minimum Gasteiger partial charge on any atom is -0.459 e. The van der Waals surface area contributed by atoms with Crippen LogP contribution in [0, 0.1) is 5.92 Å². The van der Waals surface area contributed by atoms with Crippen molar-refractivity contribution in [3.63, 3.8) is 0 Å². The van der Waals surface area contributed by atoms with Gasteiger partial charge in [0.2, 0.25) is 0 Å². The summed E-state index contributed by atoms with van der Waals surface area (Å²) >= 11 is 0. The van der Waals surface area contributed by atoms with Gasteiger partial charge in [0, 0.05) is 13.8 Å². The lowest BCUT2D eigenvalue weighted by Crippen LogP contribution is -2.55. The van der Waals surface area contributed by atoms with Gasteiger partial charge in [-0.2, -0.15) is 0 Å². The Balaban J connectivity index is 1.96. The number of carbonyl (C=O) groups is 1. The van der Waals surface area contributed by atoms with E-state index in [1.807, 2.05) is 12.7 Å². The van der Waals surface area contributed by atoms with Gasteiger partial charge in [-0.05, 0) is 18.8 Å². The number of hydrogen-bond acceptors (Lipinski definition) is 6. The molecule has 1 fully saturated rings. The lowest BCUT2D eigenvalue weighted by Gasteiger charge is -2.41. The highest BCUT2D eigenvalue weighted by Gasteiger charge is 2.43. The van der Waals surface area contributed by atoms with Crippen LogP contribution in [-0.4, -0.2) is 54.1 Å². The van der Waals surface area contributed by atoms with E-state index in [1.54, 1.807) is 31.2 Å². The lowest BCUT2D eigenvalue weighted by atomic mass is 9.91. The van der Waals surface area contributed by atoms with Crippen molar-refractivity contribution in [2.24, 2.45) is 5.92 Å². The Bertz CT molecular complexity index is 512. The first-order valence-corrected chi connectivity index (χ1v) is 10.6. The quantitative estimate of drug-likeness (QED) is 0.615. The van der Waals surface area contributed by atoms with Gasteiger partial charge < -0.3 is 24.2 Å². The van der Waals surface area contributed by atoms with Crippen LogP contribution in [0.1, 0.15) is 17.3 Å². The molecule has 0 saturated carbocycles. The van der Waals surface area contributed by atoms with Crippen LogP contribution in [0.4, 0.5) is 0 Å². The third kappa shape index (κ3) is 4.93. The molecule has 0 radical (unpaired) electrons.